The molecular formula is C16H20ClN5O2. The van der Waals surface area contributed by atoms with Gasteiger partial charge in [0, 0.05) is 13.0 Å². The zero-order valence-electron chi connectivity index (χ0n) is 13.8. The monoisotopic (exact) mass is 349 g/mol. The highest BCUT2D eigenvalue weighted by Gasteiger charge is 2.21. The quantitative estimate of drug-likeness (QED) is 0.831. The molecule has 2 amide bonds. The van der Waals surface area contributed by atoms with Gasteiger partial charge in [-0.05, 0) is 26.0 Å². The van der Waals surface area contributed by atoms with Crippen molar-refractivity contribution >= 4 is 23.4 Å². The maximum Gasteiger partial charge on any atom is 0.291 e. The topological polar surface area (TPSA) is 88.9 Å². The van der Waals surface area contributed by atoms with Crippen molar-refractivity contribution in [1.82, 2.24) is 25.4 Å². The first-order valence-corrected chi connectivity index (χ1v) is 8.15. The molecule has 1 heterocycles. The summed E-state index contributed by atoms with van der Waals surface area (Å²) in [5.41, 5.74) is 0.652. The van der Waals surface area contributed by atoms with Crippen molar-refractivity contribution in [1.29, 1.82) is 0 Å². The van der Waals surface area contributed by atoms with Gasteiger partial charge in [0.05, 0.1) is 10.7 Å². The Bertz CT molecular complexity index is 744. The summed E-state index contributed by atoms with van der Waals surface area (Å²) in [5, 5.41) is 10.00. The third-order valence-electron chi connectivity index (χ3n) is 3.37. The van der Waals surface area contributed by atoms with Gasteiger partial charge in [0.15, 0.2) is 0 Å². The SMILES string of the molecule is CCNC(=O)C(C)NC(=O)c1nc(CC)n(-c2ccccc2Cl)n1. The van der Waals surface area contributed by atoms with Gasteiger partial charge in [-0.3, -0.25) is 9.59 Å². The van der Waals surface area contributed by atoms with E-state index < -0.39 is 11.9 Å². The Morgan fingerprint density at radius 3 is 2.62 bits per heavy atom. The van der Waals surface area contributed by atoms with Crippen molar-refractivity contribution in [2.45, 2.75) is 33.2 Å². The van der Waals surface area contributed by atoms with Gasteiger partial charge in [-0.1, -0.05) is 30.7 Å². The van der Waals surface area contributed by atoms with Crippen molar-refractivity contribution < 1.29 is 9.59 Å². The lowest BCUT2D eigenvalue weighted by molar-refractivity contribution is -0.122. The highest BCUT2D eigenvalue weighted by atomic mass is 35.5. The van der Waals surface area contributed by atoms with Crippen LogP contribution in [0.3, 0.4) is 0 Å². The molecule has 0 saturated heterocycles. The second-order valence-corrected chi connectivity index (χ2v) is 5.57. The normalized spacial score (nSPS) is 11.8. The molecule has 2 aromatic rings. The zero-order valence-corrected chi connectivity index (χ0v) is 14.6. The fraction of sp³-hybridized carbons (Fsp3) is 0.375. The Morgan fingerprint density at radius 1 is 1.29 bits per heavy atom. The molecule has 128 valence electrons. The van der Waals surface area contributed by atoms with Gasteiger partial charge in [0.25, 0.3) is 5.91 Å². The molecule has 0 saturated carbocycles. The first-order chi connectivity index (χ1) is 11.5. The number of halogens is 1. The van der Waals surface area contributed by atoms with Crippen molar-refractivity contribution in [2.24, 2.45) is 0 Å². The Kier molecular flexibility index (Phi) is 5.92. The molecule has 1 aromatic carbocycles. The number of likely N-dealkylation sites (N-methyl/N-ethyl adjacent to an activating group) is 1. The predicted molar refractivity (Wildman–Crippen MR) is 91.4 cm³/mol. The van der Waals surface area contributed by atoms with Crippen LogP contribution in [-0.2, 0) is 11.2 Å². The van der Waals surface area contributed by atoms with Crippen LogP contribution in [0.5, 0.6) is 0 Å². The van der Waals surface area contributed by atoms with E-state index in [0.29, 0.717) is 29.5 Å². The van der Waals surface area contributed by atoms with E-state index >= 15 is 0 Å². The number of carbonyl (C=O) groups excluding carboxylic acids is 2. The minimum absolute atomic E-state index is 0.00270. The standard InChI is InChI=1S/C16H20ClN5O2/c1-4-13-20-14(16(24)19-10(3)15(23)18-5-2)21-22(13)12-9-7-6-8-11(12)17/h6-10H,4-5H2,1-3H3,(H,18,23)(H,19,24). The number of hydrogen-bond acceptors (Lipinski definition) is 4. The molecule has 0 aliphatic heterocycles. The third kappa shape index (κ3) is 3.91. The van der Waals surface area contributed by atoms with Gasteiger partial charge in [-0.25, -0.2) is 9.67 Å². The van der Waals surface area contributed by atoms with E-state index in [1.165, 1.54) is 0 Å². The summed E-state index contributed by atoms with van der Waals surface area (Å²) in [7, 11) is 0. The highest BCUT2D eigenvalue weighted by Crippen LogP contribution is 2.20. The largest absolute Gasteiger partial charge is 0.355 e. The molecule has 1 aromatic heterocycles. The average molecular weight is 350 g/mol. The van der Waals surface area contributed by atoms with Crippen molar-refractivity contribution in [3.05, 3.63) is 40.9 Å². The summed E-state index contributed by atoms with van der Waals surface area (Å²) in [6, 6.07) is 6.52. The number of benzene rings is 1. The highest BCUT2D eigenvalue weighted by molar-refractivity contribution is 6.32. The number of aromatic nitrogens is 3. The number of hydrogen-bond donors (Lipinski definition) is 2. The number of nitrogens with one attached hydrogen (secondary N) is 2. The first kappa shape index (κ1) is 17.9. The summed E-state index contributed by atoms with van der Waals surface area (Å²) >= 11 is 6.20. The molecule has 8 heteroatoms. The molecule has 0 spiro atoms. The van der Waals surface area contributed by atoms with E-state index in [9.17, 15) is 9.59 Å². The van der Waals surface area contributed by atoms with Crippen molar-refractivity contribution in [3.63, 3.8) is 0 Å². The molecule has 7 nitrogen and oxygen atoms in total. The van der Waals surface area contributed by atoms with Crippen LogP contribution in [0.4, 0.5) is 0 Å². The van der Waals surface area contributed by atoms with Gasteiger partial charge in [0.2, 0.25) is 11.7 Å². The van der Waals surface area contributed by atoms with Crippen LogP contribution in [0.1, 0.15) is 37.2 Å². The van der Waals surface area contributed by atoms with Crippen LogP contribution >= 0.6 is 11.6 Å². The number of aryl methyl sites for hydroxylation is 1. The molecule has 0 aliphatic carbocycles. The minimum Gasteiger partial charge on any atom is -0.355 e. The minimum atomic E-state index is -0.671. The molecule has 0 aliphatic rings. The number of amides is 2. The van der Waals surface area contributed by atoms with Gasteiger partial charge in [0.1, 0.15) is 11.9 Å². The van der Waals surface area contributed by atoms with Crippen molar-refractivity contribution in [2.75, 3.05) is 6.54 Å². The summed E-state index contributed by atoms with van der Waals surface area (Å²) in [6.45, 7) is 5.83. The van der Waals surface area contributed by atoms with Crippen LogP contribution in [0.15, 0.2) is 24.3 Å². The van der Waals surface area contributed by atoms with Gasteiger partial charge in [-0.2, -0.15) is 0 Å². The fourth-order valence-corrected chi connectivity index (χ4v) is 2.36. The first-order valence-electron chi connectivity index (χ1n) is 7.77. The van der Waals surface area contributed by atoms with Crippen LogP contribution in [0.25, 0.3) is 5.69 Å². The smallest absolute Gasteiger partial charge is 0.291 e. The maximum atomic E-state index is 12.3. The Morgan fingerprint density at radius 2 is 2.00 bits per heavy atom. The average Bonchev–Trinajstić information content (AvgIpc) is 2.99. The van der Waals surface area contributed by atoms with E-state index in [1.807, 2.05) is 26.0 Å². The van der Waals surface area contributed by atoms with E-state index in [0.717, 1.165) is 0 Å². The summed E-state index contributed by atoms with van der Waals surface area (Å²) in [5.74, 6) is -0.150. The van der Waals surface area contributed by atoms with E-state index in [4.69, 9.17) is 11.6 Å². The van der Waals surface area contributed by atoms with Crippen LogP contribution < -0.4 is 10.6 Å². The summed E-state index contributed by atoms with van der Waals surface area (Å²) in [6.07, 6.45) is 0.581. The van der Waals surface area contributed by atoms with Gasteiger partial charge >= 0.3 is 0 Å². The third-order valence-corrected chi connectivity index (χ3v) is 3.69. The zero-order chi connectivity index (χ0) is 17.7. The van der Waals surface area contributed by atoms with Gasteiger partial charge < -0.3 is 10.6 Å². The second-order valence-electron chi connectivity index (χ2n) is 5.16. The lowest BCUT2D eigenvalue weighted by atomic mass is 10.3. The molecule has 1 atom stereocenters. The van der Waals surface area contributed by atoms with Crippen LogP contribution in [0, 0.1) is 0 Å². The summed E-state index contributed by atoms with van der Waals surface area (Å²) in [4.78, 5) is 28.3. The molecule has 2 rings (SSSR count). The van der Waals surface area contributed by atoms with Crippen molar-refractivity contribution in [3.8, 4) is 5.69 Å². The summed E-state index contributed by atoms with van der Waals surface area (Å²) < 4.78 is 1.55. The molecular weight excluding hydrogens is 330 g/mol. The van der Waals surface area contributed by atoms with E-state index in [2.05, 4.69) is 20.7 Å². The Hall–Kier alpha value is -2.41. The Labute approximate surface area is 145 Å². The lowest BCUT2D eigenvalue weighted by Gasteiger charge is -2.11. The molecule has 0 radical (unpaired) electrons. The fourth-order valence-electron chi connectivity index (χ4n) is 2.14. The molecule has 1 unspecified atom stereocenters. The molecule has 24 heavy (non-hydrogen) atoms. The van der Waals surface area contributed by atoms with E-state index in [1.54, 1.807) is 23.7 Å². The Balaban J connectivity index is 2.25. The maximum absolute atomic E-state index is 12.3. The number of carbonyl (C=O) groups is 2. The molecule has 0 fully saturated rings. The number of nitrogens with zero attached hydrogens (tertiary/aromatic N) is 3. The van der Waals surface area contributed by atoms with Gasteiger partial charge in [-0.15, -0.1) is 5.10 Å². The number of para-hydroxylation sites is 1. The lowest BCUT2D eigenvalue weighted by Crippen LogP contribution is -2.45. The molecule has 2 N–H and O–H groups in total. The van der Waals surface area contributed by atoms with E-state index in [-0.39, 0.29) is 11.7 Å². The predicted octanol–water partition coefficient (Wildman–Crippen LogP) is 1.74. The van der Waals surface area contributed by atoms with Crippen LogP contribution in [0.2, 0.25) is 5.02 Å². The van der Waals surface area contributed by atoms with Crippen LogP contribution in [-0.4, -0.2) is 39.2 Å². The molecule has 0 bridgehead atoms. The number of rotatable bonds is 6. The second kappa shape index (κ2) is 7.92.